The third-order valence-corrected chi connectivity index (χ3v) is 3.98. The summed E-state index contributed by atoms with van der Waals surface area (Å²) in [6.45, 7) is 6.90. The van der Waals surface area contributed by atoms with Crippen LogP contribution in [-0.2, 0) is 0 Å². The molecule has 8 nitrogen and oxygen atoms in total. The highest BCUT2D eigenvalue weighted by Crippen LogP contribution is 2.29. The predicted octanol–water partition coefficient (Wildman–Crippen LogP) is 3.21. The molecule has 2 rings (SSSR count). The van der Waals surface area contributed by atoms with Gasteiger partial charge >= 0.3 is 0 Å². The molecule has 162 valence electrons. The van der Waals surface area contributed by atoms with Crippen molar-refractivity contribution in [2.24, 2.45) is 5.92 Å². The Bertz CT molecular complexity index is 860. The third kappa shape index (κ3) is 6.30. The molecule has 2 aromatic rings. The first-order chi connectivity index (χ1) is 14.4. The number of carbonyl (C=O) groups is 2. The smallest absolute Gasteiger partial charge is 0.269 e. The van der Waals surface area contributed by atoms with Crippen molar-refractivity contribution in [3.8, 4) is 23.0 Å². The number of nitrogens with one attached hydrogen (secondary N) is 2. The van der Waals surface area contributed by atoms with E-state index in [1.165, 1.54) is 26.4 Å². The fourth-order valence-electron chi connectivity index (χ4n) is 2.49. The van der Waals surface area contributed by atoms with Crippen LogP contribution in [0.3, 0.4) is 0 Å². The molecule has 0 saturated heterocycles. The molecule has 0 spiro atoms. The molecule has 0 aliphatic heterocycles. The zero-order chi connectivity index (χ0) is 22.1. The van der Waals surface area contributed by atoms with Crippen LogP contribution in [0, 0.1) is 5.92 Å². The highest BCUT2D eigenvalue weighted by atomic mass is 16.5. The molecule has 0 fully saturated rings. The number of methoxy groups -OCH3 is 2. The number of amides is 2. The van der Waals surface area contributed by atoms with E-state index in [-0.39, 0.29) is 5.56 Å². The Hall–Kier alpha value is -3.42. The van der Waals surface area contributed by atoms with Crippen molar-refractivity contribution in [1.82, 2.24) is 10.9 Å². The summed E-state index contributed by atoms with van der Waals surface area (Å²) < 4.78 is 21.6. The number of ether oxygens (including phenoxy) is 4. The number of carbonyl (C=O) groups excluding carboxylic acids is 2. The number of hydrazine groups is 1. The first kappa shape index (κ1) is 22.9. The van der Waals surface area contributed by atoms with Gasteiger partial charge in [-0.1, -0.05) is 13.8 Å². The molecule has 2 N–H and O–H groups in total. The predicted molar refractivity (Wildman–Crippen MR) is 112 cm³/mol. The molecule has 30 heavy (non-hydrogen) atoms. The van der Waals surface area contributed by atoms with Crippen LogP contribution in [0.5, 0.6) is 23.0 Å². The average molecular weight is 416 g/mol. The van der Waals surface area contributed by atoms with E-state index >= 15 is 0 Å². The summed E-state index contributed by atoms with van der Waals surface area (Å²) >= 11 is 0. The van der Waals surface area contributed by atoms with Gasteiger partial charge in [-0.25, -0.2) is 0 Å². The molecule has 0 radical (unpaired) electrons. The molecule has 0 bridgehead atoms. The topological polar surface area (TPSA) is 95.1 Å². The van der Waals surface area contributed by atoms with Crippen molar-refractivity contribution in [2.75, 3.05) is 27.4 Å². The van der Waals surface area contributed by atoms with E-state index in [2.05, 4.69) is 10.9 Å². The summed E-state index contributed by atoms with van der Waals surface area (Å²) in [4.78, 5) is 24.9. The largest absolute Gasteiger partial charge is 0.497 e. The van der Waals surface area contributed by atoms with Crippen molar-refractivity contribution in [1.29, 1.82) is 0 Å². The van der Waals surface area contributed by atoms with Crippen molar-refractivity contribution < 1.29 is 28.5 Å². The van der Waals surface area contributed by atoms with Crippen LogP contribution in [-0.4, -0.2) is 39.2 Å². The number of hydrogen-bond donors (Lipinski definition) is 2. The van der Waals surface area contributed by atoms with Crippen LogP contribution in [0.4, 0.5) is 0 Å². The lowest BCUT2D eigenvalue weighted by Crippen LogP contribution is -2.41. The summed E-state index contributed by atoms with van der Waals surface area (Å²) in [5, 5.41) is 0. The highest BCUT2D eigenvalue weighted by molar-refractivity contribution is 5.99. The van der Waals surface area contributed by atoms with Gasteiger partial charge in [0.2, 0.25) is 0 Å². The molecule has 8 heteroatoms. The maximum absolute atomic E-state index is 12.5. The van der Waals surface area contributed by atoms with E-state index < -0.39 is 11.8 Å². The minimum atomic E-state index is -0.512. The van der Waals surface area contributed by atoms with Crippen LogP contribution in [0.25, 0.3) is 0 Å². The van der Waals surface area contributed by atoms with E-state index in [1.807, 2.05) is 20.8 Å². The second-order valence-electron chi connectivity index (χ2n) is 6.81. The van der Waals surface area contributed by atoms with Crippen LogP contribution in [0.15, 0.2) is 36.4 Å². The molecule has 0 atom stereocenters. The fourth-order valence-corrected chi connectivity index (χ4v) is 2.49. The Balaban J connectivity index is 2.08. The van der Waals surface area contributed by atoms with E-state index in [1.54, 1.807) is 24.3 Å². The summed E-state index contributed by atoms with van der Waals surface area (Å²) in [6.07, 6.45) is 0. The Morgan fingerprint density at radius 3 is 1.97 bits per heavy atom. The molecular formula is C22H28N2O6. The fraction of sp³-hybridized carbons (Fsp3) is 0.364. The molecule has 0 aromatic heterocycles. The van der Waals surface area contributed by atoms with E-state index in [4.69, 9.17) is 18.9 Å². The molecular weight excluding hydrogens is 388 g/mol. The third-order valence-electron chi connectivity index (χ3n) is 3.98. The van der Waals surface area contributed by atoms with Gasteiger partial charge in [0.25, 0.3) is 11.8 Å². The average Bonchev–Trinajstić information content (AvgIpc) is 2.75. The van der Waals surface area contributed by atoms with Crippen molar-refractivity contribution >= 4 is 11.8 Å². The van der Waals surface area contributed by atoms with Crippen molar-refractivity contribution in [3.05, 3.63) is 47.5 Å². The van der Waals surface area contributed by atoms with Gasteiger partial charge in [0, 0.05) is 17.2 Å². The van der Waals surface area contributed by atoms with Gasteiger partial charge in [0.05, 0.1) is 27.4 Å². The van der Waals surface area contributed by atoms with Gasteiger partial charge in [-0.3, -0.25) is 20.4 Å². The van der Waals surface area contributed by atoms with E-state index in [9.17, 15) is 9.59 Å². The quantitative estimate of drug-likeness (QED) is 0.610. The van der Waals surface area contributed by atoms with Crippen LogP contribution >= 0.6 is 0 Å². The van der Waals surface area contributed by atoms with Gasteiger partial charge in [-0.15, -0.1) is 0 Å². The molecule has 2 amide bonds. The lowest BCUT2D eigenvalue weighted by atomic mass is 10.2. The Kier molecular flexibility index (Phi) is 8.34. The van der Waals surface area contributed by atoms with Crippen LogP contribution < -0.4 is 29.8 Å². The SMILES string of the molecule is CCOc1cc(C(=O)NNC(=O)c2cc(OC)cc(OC)c2)ccc1OCC(C)C. The highest BCUT2D eigenvalue weighted by Gasteiger charge is 2.15. The Morgan fingerprint density at radius 2 is 1.43 bits per heavy atom. The molecule has 0 aliphatic carbocycles. The second-order valence-corrected chi connectivity index (χ2v) is 6.81. The summed E-state index contributed by atoms with van der Waals surface area (Å²) in [6, 6.07) is 9.59. The second kappa shape index (κ2) is 10.9. The zero-order valence-electron chi connectivity index (χ0n) is 17.9. The number of rotatable bonds is 9. The minimum Gasteiger partial charge on any atom is -0.497 e. The van der Waals surface area contributed by atoms with Gasteiger partial charge in [0.15, 0.2) is 11.5 Å². The summed E-state index contributed by atoms with van der Waals surface area (Å²) in [5.41, 5.74) is 5.37. The number of hydrogen-bond acceptors (Lipinski definition) is 6. The summed E-state index contributed by atoms with van der Waals surface area (Å²) in [7, 11) is 2.98. The maximum Gasteiger partial charge on any atom is 0.269 e. The van der Waals surface area contributed by atoms with Gasteiger partial charge in [0.1, 0.15) is 11.5 Å². The van der Waals surface area contributed by atoms with Crippen molar-refractivity contribution in [2.45, 2.75) is 20.8 Å². The Labute approximate surface area is 176 Å². The standard InChI is InChI=1S/C22H28N2O6/c1-6-29-20-11-15(7-8-19(20)30-13-14(2)3)21(25)23-24-22(26)16-9-17(27-4)12-18(10-16)28-5/h7-12,14H,6,13H2,1-5H3,(H,23,25)(H,24,26). The first-order valence-corrected chi connectivity index (χ1v) is 9.61. The van der Waals surface area contributed by atoms with E-state index in [0.717, 1.165) is 0 Å². The molecule has 0 saturated carbocycles. The van der Waals surface area contributed by atoms with Gasteiger partial charge < -0.3 is 18.9 Å². The van der Waals surface area contributed by atoms with Gasteiger partial charge in [-0.2, -0.15) is 0 Å². The summed E-state index contributed by atoms with van der Waals surface area (Å²) in [5.74, 6) is 1.31. The maximum atomic E-state index is 12.5. The van der Waals surface area contributed by atoms with Crippen LogP contribution in [0.1, 0.15) is 41.5 Å². The van der Waals surface area contributed by atoms with E-state index in [0.29, 0.717) is 47.7 Å². The first-order valence-electron chi connectivity index (χ1n) is 9.61. The van der Waals surface area contributed by atoms with Crippen molar-refractivity contribution in [3.63, 3.8) is 0 Å². The Morgan fingerprint density at radius 1 is 0.833 bits per heavy atom. The van der Waals surface area contributed by atoms with Gasteiger partial charge in [-0.05, 0) is 43.2 Å². The molecule has 0 unspecified atom stereocenters. The molecule has 2 aromatic carbocycles. The molecule has 0 aliphatic rings. The normalized spacial score (nSPS) is 10.3. The monoisotopic (exact) mass is 416 g/mol. The molecule has 0 heterocycles. The zero-order valence-corrected chi connectivity index (χ0v) is 17.9. The van der Waals surface area contributed by atoms with Crippen LogP contribution in [0.2, 0.25) is 0 Å². The lowest BCUT2D eigenvalue weighted by molar-refractivity contribution is 0.0846. The number of benzene rings is 2. The lowest BCUT2D eigenvalue weighted by Gasteiger charge is -2.15. The minimum absolute atomic E-state index is 0.277.